The maximum absolute atomic E-state index is 5.24. The van der Waals surface area contributed by atoms with Gasteiger partial charge in [0.2, 0.25) is 0 Å². The van der Waals surface area contributed by atoms with Crippen LogP contribution in [-0.2, 0) is 0 Å². The van der Waals surface area contributed by atoms with E-state index in [2.05, 4.69) is 18.2 Å². The molecule has 0 aromatic carbocycles. The highest BCUT2D eigenvalue weighted by Gasteiger charge is 1.89. The molecule has 0 unspecified atom stereocenters. The Bertz CT molecular complexity index is 187. The molecule has 0 saturated carbocycles. The van der Waals surface area contributed by atoms with Crippen molar-refractivity contribution in [2.24, 2.45) is 10.7 Å². The van der Waals surface area contributed by atoms with Crippen molar-refractivity contribution >= 4 is 6.21 Å². The van der Waals surface area contributed by atoms with Crippen molar-refractivity contribution in [1.82, 2.24) is 0 Å². The number of allylic oxidation sites excluding steroid dienone is 2. The monoisotopic (exact) mass is 136 g/mol. The van der Waals surface area contributed by atoms with Crippen molar-refractivity contribution in [3.05, 3.63) is 36.7 Å². The van der Waals surface area contributed by atoms with Gasteiger partial charge in [-0.2, -0.15) is 0 Å². The van der Waals surface area contributed by atoms with Crippen LogP contribution in [0.3, 0.4) is 0 Å². The Balaban J connectivity index is 4.25. The van der Waals surface area contributed by atoms with Gasteiger partial charge in [-0.3, -0.25) is 4.99 Å². The van der Waals surface area contributed by atoms with E-state index in [1.165, 1.54) is 6.20 Å². The fourth-order valence-corrected chi connectivity index (χ4v) is 0.428. The molecule has 54 valence electrons. The largest absolute Gasteiger partial charge is 0.403 e. The van der Waals surface area contributed by atoms with Gasteiger partial charge >= 0.3 is 0 Å². The van der Waals surface area contributed by atoms with E-state index in [1.54, 1.807) is 12.3 Å². The van der Waals surface area contributed by atoms with Gasteiger partial charge in [0.1, 0.15) is 0 Å². The molecule has 0 heterocycles. The van der Waals surface area contributed by atoms with Gasteiger partial charge in [0, 0.05) is 12.4 Å². The van der Waals surface area contributed by atoms with Crippen LogP contribution in [0.25, 0.3) is 0 Å². The van der Waals surface area contributed by atoms with Gasteiger partial charge < -0.3 is 5.73 Å². The summed E-state index contributed by atoms with van der Waals surface area (Å²) < 4.78 is 0. The molecule has 0 aromatic heterocycles. The van der Waals surface area contributed by atoms with Crippen LogP contribution in [0, 0.1) is 0 Å². The zero-order chi connectivity index (χ0) is 7.98. The van der Waals surface area contributed by atoms with Crippen LogP contribution in [0.1, 0.15) is 6.92 Å². The first-order valence-corrected chi connectivity index (χ1v) is 2.95. The number of hydrogen-bond donors (Lipinski definition) is 1. The third-order valence-electron chi connectivity index (χ3n) is 0.914. The van der Waals surface area contributed by atoms with Gasteiger partial charge in [0.15, 0.2) is 0 Å². The quantitative estimate of drug-likeness (QED) is 0.464. The Morgan fingerprint density at radius 3 is 2.50 bits per heavy atom. The molecule has 2 N–H and O–H groups in total. The Labute approximate surface area is 61.5 Å². The van der Waals surface area contributed by atoms with E-state index in [-0.39, 0.29) is 0 Å². The van der Waals surface area contributed by atoms with Crippen molar-refractivity contribution in [3.8, 4) is 0 Å². The van der Waals surface area contributed by atoms with Crippen molar-refractivity contribution in [2.45, 2.75) is 6.92 Å². The smallest absolute Gasteiger partial charge is 0.0807 e. The van der Waals surface area contributed by atoms with E-state index >= 15 is 0 Å². The molecule has 2 nitrogen and oxygen atoms in total. The zero-order valence-electron chi connectivity index (χ0n) is 6.17. The molecule has 0 saturated heterocycles. The molecular weight excluding hydrogens is 124 g/mol. The first-order valence-electron chi connectivity index (χ1n) is 2.95. The van der Waals surface area contributed by atoms with E-state index in [0.29, 0.717) is 5.70 Å². The molecule has 2 heteroatoms. The summed E-state index contributed by atoms with van der Waals surface area (Å²) in [6.45, 7) is 9.01. The fourth-order valence-electron chi connectivity index (χ4n) is 0.428. The Kier molecular flexibility index (Phi) is 3.96. The molecule has 0 radical (unpaired) electrons. The minimum atomic E-state index is 0.694. The van der Waals surface area contributed by atoms with Gasteiger partial charge in [0.25, 0.3) is 0 Å². The SMILES string of the molecule is C=C/C=N\C(=C\N)C(=C)C. The summed E-state index contributed by atoms with van der Waals surface area (Å²) >= 11 is 0. The number of rotatable bonds is 3. The molecule has 0 aliphatic heterocycles. The number of hydrogen-bond acceptors (Lipinski definition) is 2. The van der Waals surface area contributed by atoms with Crippen LogP contribution in [-0.4, -0.2) is 6.21 Å². The van der Waals surface area contributed by atoms with Crippen molar-refractivity contribution in [2.75, 3.05) is 0 Å². The fraction of sp³-hybridized carbons (Fsp3) is 0.125. The lowest BCUT2D eigenvalue weighted by atomic mass is 10.3. The first-order chi connectivity index (χ1) is 4.72. The summed E-state index contributed by atoms with van der Waals surface area (Å²) in [5.74, 6) is 0. The van der Waals surface area contributed by atoms with Crippen LogP contribution < -0.4 is 5.73 Å². The summed E-state index contributed by atoms with van der Waals surface area (Å²) in [4.78, 5) is 3.95. The zero-order valence-corrected chi connectivity index (χ0v) is 6.17. The highest BCUT2D eigenvalue weighted by Crippen LogP contribution is 2.04. The molecule has 0 amide bonds. The second-order valence-electron chi connectivity index (χ2n) is 1.85. The molecular formula is C8H12N2. The summed E-state index contributed by atoms with van der Waals surface area (Å²) in [6.07, 6.45) is 4.59. The molecule has 0 fully saturated rings. The predicted octanol–water partition coefficient (Wildman–Crippen LogP) is 1.62. The van der Waals surface area contributed by atoms with E-state index < -0.39 is 0 Å². The number of nitrogens with two attached hydrogens (primary N) is 1. The average molecular weight is 136 g/mol. The van der Waals surface area contributed by atoms with Gasteiger partial charge in [-0.25, -0.2) is 0 Å². The van der Waals surface area contributed by atoms with Crippen LogP contribution in [0.2, 0.25) is 0 Å². The molecule has 0 aromatic rings. The van der Waals surface area contributed by atoms with Crippen LogP contribution >= 0.6 is 0 Å². The minimum Gasteiger partial charge on any atom is -0.403 e. The minimum absolute atomic E-state index is 0.694. The maximum atomic E-state index is 5.24. The van der Waals surface area contributed by atoms with Crippen molar-refractivity contribution < 1.29 is 0 Å². The highest BCUT2D eigenvalue weighted by atomic mass is 14.7. The summed E-state index contributed by atoms with van der Waals surface area (Å²) in [6, 6.07) is 0. The summed E-state index contributed by atoms with van der Waals surface area (Å²) in [5, 5.41) is 0. The molecule has 0 aliphatic rings. The van der Waals surface area contributed by atoms with Crippen molar-refractivity contribution in [3.63, 3.8) is 0 Å². The van der Waals surface area contributed by atoms with Gasteiger partial charge in [-0.1, -0.05) is 19.2 Å². The molecule has 0 spiro atoms. The second-order valence-corrected chi connectivity index (χ2v) is 1.85. The Morgan fingerprint density at radius 2 is 2.20 bits per heavy atom. The lowest BCUT2D eigenvalue weighted by Gasteiger charge is -1.95. The molecule has 10 heavy (non-hydrogen) atoms. The molecule has 0 atom stereocenters. The third kappa shape index (κ3) is 2.87. The lowest BCUT2D eigenvalue weighted by molar-refractivity contribution is 1.27. The predicted molar refractivity (Wildman–Crippen MR) is 45.8 cm³/mol. The van der Waals surface area contributed by atoms with Gasteiger partial charge in [0.05, 0.1) is 5.70 Å². The lowest BCUT2D eigenvalue weighted by Crippen LogP contribution is -1.86. The van der Waals surface area contributed by atoms with Crippen LogP contribution in [0.15, 0.2) is 41.7 Å². The standard InChI is InChI=1S/C8H12N2/c1-4-5-10-8(6-9)7(2)3/h4-6H,1-2,9H2,3H3/b8-6+,10-5-. The van der Waals surface area contributed by atoms with E-state index in [9.17, 15) is 0 Å². The second kappa shape index (κ2) is 4.56. The van der Waals surface area contributed by atoms with E-state index in [0.717, 1.165) is 5.57 Å². The highest BCUT2D eigenvalue weighted by molar-refractivity contribution is 5.71. The van der Waals surface area contributed by atoms with Gasteiger partial charge in [-0.05, 0) is 12.5 Å². The summed E-state index contributed by atoms with van der Waals surface area (Å²) in [5.41, 5.74) is 6.79. The van der Waals surface area contributed by atoms with Crippen LogP contribution in [0.4, 0.5) is 0 Å². The maximum Gasteiger partial charge on any atom is 0.0807 e. The topological polar surface area (TPSA) is 38.4 Å². The average Bonchev–Trinajstić information content (AvgIpc) is 1.89. The summed E-state index contributed by atoms with van der Waals surface area (Å²) in [7, 11) is 0. The number of nitrogens with zero attached hydrogens (tertiary/aromatic N) is 1. The number of aliphatic imine (C=N–C) groups is 1. The molecule has 0 aliphatic carbocycles. The Morgan fingerprint density at radius 1 is 1.60 bits per heavy atom. The van der Waals surface area contributed by atoms with Crippen LogP contribution in [0.5, 0.6) is 0 Å². The Hall–Kier alpha value is -1.31. The van der Waals surface area contributed by atoms with Crippen molar-refractivity contribution in [1.29, 1.82) is 0 Å². The third-order valence-corrected chi connectivity index (χ3v) is 0.914. The molecule has 0 bridgehead atoms. The van der Waals surface area contributed by atoms with Gasteiger partial charge in [-0.15, -0.1) is 0 Å². The first kappa shape index (κ1) is 8.69. The normalized spacial score (nSPS) is 11.9. The van der Waals surface area contributed by atoms with E-state index in [1.807, 2.05) is 6.92 Å². The molecule has 0 rings (SSSR count). The van der Waals surface area contributed by atoms with E-state index in [4.69, 9.17) is 5.73 Å².